The van der Waals surface area contributed by atoms with Crippen molar-refractivity contribution in [2.45, 2.75) is 0 Å². The molecule has 0 atom stereocenters. The highest BCUT2D eigenvalue weighted by molar-refractivity contribution is 5.92. The van der Waals surface area contributed by atoms with Gasteiger partial charge in [-0.25, -0.2) is 4.98 Å². The first-order valence-corrected chi connectivity index (χ1v) is 4.18. The molecule has 2 rings (SSSR count). The summed E-state index contributed by atoms with van der Waals surface area (Å²) in [5.41, 5.74) is 2.05. The summed E-state index contributed by atoms with van der Waals surface area (Å²) in [5.74, 6) is 1.17. The summed E-state index contributed by atoms with van der Waals surface area (Å²) in [6, 6.07) is 7.47. The standard InChI is InChI=1S/C10H10N2O2/c1-14-8-3-2-7-4-5-11-10(12-13)9(7)6-8/h2-6,13H,1H3,(H,11,12). The molecule has 0 radical (unpaired) electrons. The summed E-state index contributed by atoms with van der Waals surface area (Å²) in [5, 5.41) is 10.7. The van der Waals surface area contributed by atoms with E-state index in [1.165, 1.54) is 0 Å². The highest BCUT2D eigenvalue weighted by Crippen LogP contribution is 2.24. The minimum Gasteiger partial charge on any atom is -0.497 e. The van der Waals surface area contributed by atoms with Gasteiger partial charge in [0.25, 0.3) is 0 Å². The van der Waals surface area contributed by atoms with Gasteiger partial charge in [-0.1, -0.05) is 6.07 Å². The first kappa shape index (κ1) is 8.77. The molecule has 1 aromatic heterocycles. The lowest BCUT2D eigenvalue weighted by Crippen LogP contribution is -1.94. The zero-order valence-corrected chi connectivity index (χ0v) is 7.69. The Balaban J connectivity index is 2.70. The fourth-order valence-corrected chi connectivity index (χ4v) is 1.36. The molecule has 0 aliphatic rings. The van der Waals surface area contributed by atoms with Crippen LogP contribution in [0.5, 0.6) is 5.75 Å². The second-order valence-electron chi connectivity index (χ2n) is 2.86. The van der Waals surface area contributed by atoms with E-state index in [9.17, 15) is 0 Å². The van der Waals surface area contributed by atoms with Crippen molar-refractivity contribution in [3.63, 3.8) is 0 Å². The molecule has 4 heteroatoms. The van der Waals surface area contributed by atoms with E-state index in [4.69, 9.17) is 9.94 Å². The Morgan fingerprint density at radius 3 is 2.93 bits per heavy atom. The molecule has 1 aromatic carbocycles. The summed E-state index contributed by atoms with van der Waals surface area (Å²) in [4.78, 5) is 3.98. The number of methoxy groups -OCH3 is 1. The van der Waals surface area contributed by atoms with Gasteiger partial charge in [0.1, 0.15) is 5.75 Å². The molecule has 0 aliphatic carbocycles. The predicted molar refractivity (Wildman–Crippen MR) is 53.7 cm³/mol. The van der Waals surface area contributed by atoms with Gasteiger partial charge in [0, 0.05) is 11.6 Å². The second-order valence-corrected chi connectivity index (χ2v) is 2.86. The number of fused-ring (bicyclic) bond motifs is 1. The van der Waals surface area contributed by atoms with Gasteiger partial charge in [0.05, 0.1) is 7.11 Å². The Bertz CT molecular complexity index is 457. The Kier molecular flexibility index (Phi) is 2.20. The van der Waals surface area contributed by atoms with Crippen molar-refractivity contribution in [2.75, 3.05) is 12.6 Å². The smallest absolute Gasteiger partial charge is 0.157 e. The maximum Gasteiger partial charge on any atom is 0.157 e. The van der Waals surface area contributed by atoms with Crippen LogP contribution in [0.15, 0.2) is 30.5 Å². The van der Waals surface area contributed by atoms with E-state index in [2.05, 4.69) is 10.5 Å². The number of nitrogens with zero attached hydrogens (tertiary/aromatic N) is 1. The summed E-state index contributed by atoms with van der Waals surface area (Å²) in [7, 11) is 1.60. The van der Waals surface area contributed by atoms with Crippen LogP contribution in [0.1, 0.15) is 0 Å². The van der Waals surface area contributed by atoms with Crippen molar-refractivity contribution in [2.24, 2.45) is 0 Å². The van der Waals surface area contributed by atoms with Gasteiger partial charge in [-0.05, 0) is 23.6 Å². The monoisotopic (exact) mass is 190 g/mol. The van der Waals surface area contributed by atoms with Crippen molar-refractivity contribution in [3.8, 4) is 5.75 Å². The van der Waals surface area contributed by atoms with Crippen molar-refractivity contribution in [1.29, 1.82) is 0 Å². The molecular formula is C10H10N2O2. The summed E-state index contributed by atoms with van der Waals surface area (Å²) in [6.07, 6.45) is 1.63. The van der Waals surface area contributed by atoms with Gasteiger partial charge in [-0.2, -0.15) is 0 Å². The van der Waals surface area contributed by atoms with Crippen molar-refractivity contribution in [1.82, 2.24) is 4.98 Å². The molecule has 0 bridgehead atoms. The Morgan fingerprint density at radius 1 is 1.36 bits per heavy atom. The first-order chi connectivity index (χ1) is 6.85. The van der Waals surface area contributed by atoms with Crippen LogP contribution >= 0.6 is 0 Å². The minimum absolute atomic E-state index is 0.432. The first-order valence-electron chi connectivity index (χ1n) is 4.18. The van der Waals surface area contributed by atoms with Gasteiger partial charge in [-0.3, -0.25) is 10.7 Å². The van der Waals surface area contributed by atoms with E-state index < -0.39 is 0 Å². The van der Waals surface area contributed by atoms with Crippen LogP contribution in [-0.2, 0) is 0 Å². The Labute approximate surface area is 81.1 Å². The Hall–Kier alpha value is -1.81. The van der Waals surface area contributed by atoms with Gasteiger partial charge < -0.3 is 4.74 Å². The molecule has 0 aliphatic heterocycles. The van der Waals surface area contributed by atoms with Crippen LogP contribution in [0.25, 0.3) is 10.8 Å². The number of hydrogen-bond acceptors (Lipinski definition) is 4. The highest BCUT2D eigenvalue weighted by atomic mass is 16.5. The van der Waals surface area contributed by atoms with Gasteiger partial charge >= 0.3 is 0 Å². The zero-order valence-electron chi connectivity index (χ0n) is 7.69. The maximum absolute atomic E-state index is 8.85. The summed E-state index contributed by atoms with van der Waals surface area (Å²) in [6.45, 7) is 0. The molecule has 0 saturated heterocycles. The quantitative estimate of drug-likeness (QED) is 0.711. The minimum atomic E-state index is 0.432. The summed E-state index contributed by atoms with van der Waals surface area (Å²) < 4.78 is 5.08. The van der Waals surface area contributed by atoms with E-state index in [1.807, 2.05) is 24.3 Å². The van der Waals surface area contributed by atoms with E-state index in [0.29, 0.717) is 5.82 Å². The van der Waals surface area contributed by atoms with Crippen LogP contribution in [0.2, 0.25) is 0 Å². The number of anilines is 1. The molecule has 0 fully saturated rings. The van der Waals surface area contributed by atoms with Crippen LogP contribution in [0.3, 0.4) is 0 Å². The SMILES string of the molecule is COc1ccc2ccnc(NO)c2c1. The molecule has 0 amide bonds. The maximum atomic E-state index is 8.85. The second kappa shape index (κ2) is 3.51. The van der Waals surface area contributed by atoms with Gasteiger partial charge in [-0.15, -0.1) is 0 Å². The largest absolute Gasteiger partial charge is 0.497 e. The lowest BCUT2D eigenvalue weighted by Gasteiger charge is -2.05. The van der Waals surface area contributed by atoms with Crippen molar-refractivity contribution >= 4 is 16.6 Å². The lowest BCUT2D eigenvalue weighted by molar-refractivity contribution is 0.387. The topological polar surface area (TPSA) is 54.4 Å². The summed E-state index contributed by atoms with van der Waals surface area (Å²) >= 11 is 0. The number of hydrogen-bond donors (Lipinski definition) is 2. The molecule has 4 nitrogen and oxygen atoms in total. The average Bonchev–Trinajstić information content (AvgIpc) is 2.27. The third kappa shape index (κ3) is 1.36. The molecule has 2 aromatic rings. The zero-order chi connectivity index (χ0) is 9.97. The number of aromatic nitrogens is 1. The molecule has 0 spiro atoms. The van der Waals surface area contributed by atoms with E-state index in [1.54, 1.807) is 13.3 Å². The number of ether oxygens (including phenoxy) is 1. The fourth-order valence-electron chi connectivity index (χ4n) is 1.36. The fraction of sp³-hybridized carbons (Fsp3) is 0.100. The van der Waals surface area contributed by atoms with E-state index in [-0.39, 0.29) is 0 Å². The predicted octanol–water partition coefficient (Wildman–Crippen LogP) is 2.04. The van der Waals surface area contributed by atoms with Crippen molar-refractivity contribution < 1.29 is 9.94 Å². The molecule has 1 heterocycles. The molecule has 0 saturated carbocycles. The lowest BCUT2D eigenvalue weighted by atomic mass is 10.1. The van der Waals surface area contributed by atoms with Crippen LogP contribution in [0, 0.1) is 0 Å². The molecule has 2 N–H and O–H groups in total. The Morgan fingerprint density at radius 2 is 2.21 bits per heavy atom. The highest BCUT2D eigenvalue weighted by Gasteiger charge is 2.02. The van der Waals surface area contributed by atoms with Gasteiger partial charge in [0.15, 0.2) is 5.82 Å². The third-order valence-corrected chi connectivity index (χ3v) is 2.08. The molecule has 0 unspecified atom stereocenters. The van der Waals surface area contributed by atoms with E-state index >= 15 is 0 Å². The van der Waals surface area contributed by atoms with Gasteiger partial charge in [0.2, 0.25) is 0 Å². The van der Waals surface area contributed by atoms with Crippen LogP contribution in [0.4, 0.5) is 5.82 Å². The average molecular weight is 190 g/mol. The van der Waals surface area contributed by atoms with Crippen molar-refractivity contribution in [3.05, 3.63) is 30.5 Å². The molecular weight excluding hydrogens is 180 g/mol. The van der Waals surface area contributed by atoms with E-state index in [0.717, 1.165) is 16.5 Å². The van der Waals surface area contributed by atoms with Crippen LogP contribution < -0.4 is 10.2 Å². The number of benzene rings is 1. The third-order valence-electron chi connectivity index (χ3n) is 2.08. The van der Waals surface area contributed by atoms with Crippen LogP contribution in [-0.4, -0.2) is 17.3 Å². The number of rotatable bonds is 2. The number of nitrogens with one attached hydrogen (secondary N) is 1. The molecule has 72 valence electrons. The normalized spacial score (nSPS) is 10.1. The molecule has 14 heavy (non-hydrogen) atoms. The number of pyridine rings is 1.